The Morgan fingerprint density at radius 3 is 2.00 bits per heavy atom. The minimum absolute atomic E-state index is 0.0520. The van der Waals surface area contributed by atoms with Crippen molar-refractivity contribution < 1.29 is 19.1 Å². The lowest BCUT2D eigenvalue weighted by Gasteiger charge is -2.43. The van der Waals surface area contributed by atoms with Gasteiger partial charge in [0.15, 0.2) is 23.9 Å². The molecule has 1 amide bonds. The summed E-state index contributed by atoms with van der Waals surface area (Å²) in [5.74, 6) is -0.722. The van der Waals surface area contributed by atoms with Crippen LogP contribution in [-0.2, 0) is 14.4 Å². The van der Waals surface area contributed by atoms with Gasteiger partial charge >= 0.3 is 0 Å². The summed E-state index contributed by atoms with van der Waals surface area (Å²) in [4.78, 5) is 41.2. The number of rotatable bonds is 6. The normalized spacial score (nSPS) is 17.8. The van der Waals surface area contributed by atoms with E-state index in [-0.39, 0.29) is 34.0 Å². The molecule has 0 atom stereocenters. The summed E-state index contributed by atoms with van der Waals surface area (Å²) in [6, 6.07) is 8.10. The van der Waals surface area contributed by atoms with Crippen molar-refractivity contribution in [2.45, 2.75) is 51.4 Å². The maximum atomic E-state index is 13.3. The molecule has 204 valence electrons. The van der Waals surface area contributed by atoms with E-state index in [0.29, 0.717) is 51.8 Å². The Balaban J connectivity index is 1.45. The first-order valence-corrected chi connectivity index (χ1v) is 14.4. The van der Waals surface area contributed by atoms with E-state index in [1.165, 1.54) is 6.07 Å². The number of hydrogen-bond acceptors (Lipinski definition) is 5. The van der Waals surface area contributed by atoms with Gasteiger partial charge in [-0.25, -0.2) is 0 Å². The van der Waals surface area contributed by atoms with Crippen LogP contribution in [0.2, 0.25) is 20.1 Å². The number of nitrogens with zero attached hydrogens (tertiary/aromatic N) is 1. The first kappa shape index (κ1) is 28.0. The highest BCUT2D eigenvalue weighted by atomic mass is 35.5. The Hall–Kier alpha value is -2.51. The molecule has 2 aromatic rings. The second-order valence-corrected chi connectivity index (χ2v) is 11.4. The fourth-order valence-electron chi connectivity index (χ4n) is 5.72. The van der Waals surface area contributed by atoms with Crippen LogP contribution in [-0.4, -0.2) is 35.5 Å². The molecule has 0 saturated carbocycles. The molecule has 0 saturated heterocycles. The van der Waals surface area contributed by atoms with Crippen LogP contribution < -0.4 is 10.1 Å². The molecule has 39 heavy (non-hydrogen) atoms. The first-order valence-electron chi connectivity index (χ1n) is 12.9. The van der Waals surface area contributed by atoms with Crippen molar-refractivity contribution in [3.63, 3.8) is 0 Å². The van der Waals surface area contributed by atoms with Gasteiger partial charge in [0.2, 0.25) is 0 Å². The summed E-state index contributed by atoms with van der Waals surface area (Å²) in [5.41, 5.74) is 4.46. The molecule has 1 aliphatic heterocycles. The van der Waals surface area contributed by atoms with Crippen molar-refractivity contribution in [1.29, 1.82) is 0 Å². The summed E-state index contributed by atoms with van der Waals surface area (Å²) in [5, 5.41) is 3.74. The number of carbonyl (C=O) groups excluding carboxylic acids is 3. The van der Waals surface area contributed by atoms with E-state index in [2.05, 4.69) is 10.2 Å². The van der Waals surface area contributed by atoms with Crippen molar-refractivity contribution in [2.24, 2.45) is 0 Å². The number of amides is 1. The topological polar surface area (TPSA) is 75.7 Å². The van der Waals surface area contributed by atoms with Crippen LogP contribution in [0.3, 0.4) is 0 Å². The van der Waals surface area contributed by atoms with E-state index in [1.807, 2.05) is 6.92 Å². The van der Waals surface area contributed by atoms with Crippen LogP contribution in [0, 0.1) is 0 Å². The summed E-state index contributed by atoms with van der Waals surface area (Å²) in [7, 11) is 0. The molecule has 0 bridgehead atoms. The van der Waals surface area contributed by atoms with Gasteiger partial charge in [-0.15, -0.1) is 0 Å². The number of Topliss-reactive ketones (excluding diaryl/α,β-unsaturated/α-hetero) is 2. The van der Waals surface area contributed by atoms with Gasteiger partial charge in [-0.1, -0.05) is 46.4 Å². The average Bonchev–Trinajstić information content (AvgIpc) is 2.89. The third kappa shape index (κ3) is 5.45. The van der Waals surface area contributed by atoms with Gasteiger partial charge in [0.25, 0.3) is 5.91 Å². The largest absolute Gasteiger partial charge is 0.481 e. The summed E-state index contributed by atoms with van der Waals surface area (Å²) < 4.78 is 5.69. The second kappa shape index (κ2) is 11.5. The van der Waals surface area contributed by atoms with Crippen LogP contribution in [0.25, 0.3) is 0 Å². The highest BCUT2D eigenvalue weighted by Gasteiger charge is 2.43. The van der Waals surface area contributed by atoms with Gasteiger partial charge in [0.05, 0.1) is 20.1 Å². The highest BCUT2D eigenvalue weighted by molar-refractivity contribution is 6.42. The van der Waals surface area contributed by atoms with Gasteiger partial charge < -0.3 is 15.0 Å². The maximum Gasteiger partial charge on any atom is 0.262 e. The van der Waals surface area contributed by atoms with Crippen LogP contribution >= 0.6 is 46.4 Å². The van der Waals surface area contributed by atoms with E-state index < -0.39 is 11.8 Å². The number of benzene rings is 2. The Morgan fingerprint density at radius 2 is 1.46 bits per heavy atom. The molecular weight excluding hydrogens is 582 g/mol. The number of halogens is 4. The zero-order chi connectivity index (χ0) is 27.8. The van der Waals surface area contributed by atoms with Gasteiger partial charge in [-0.2, -0.15) is 0 Å². The lowest BCUT2D eigenvalue weighted by molar-refractivity contribution is -0.118. The molecule has 6 nitrogen and oxygen atoms in total. The number of ether oxygens (including phenoxy) is 1. The third-order valence-electron chi connectivity index (χ3n) is 7.31. The van der Waals surface area contributed by atoms with Gasteiger partial charge in [0.1, 0.15) is 0 Å². The number of hydrogen-bond donors (Lipinski definition) is 1. The molecule has 1 N–H and O–H groups in total. The van der Waals surface area contributed by atoms with E-state index in [4.69, 9.17) is 51.1 Å². The predicted octanol–water partition coefficient (Wildman–Crippen LogP) is 7.75. The lowest BCUT2D eigenvalue weighted by Crippen LogP contribution is -2.39. The van der Waals surface area contributed by atoms with Gasteiger partial charge in [-0.05, 0) is 68.5 Å². The third-order valence-corrected chi connectivity index (χ3v) is 8.61. The molecular formula is C29H26Cl4N2O4. The van der Waals surface area contributed by atoms with Crippen LogP contribution in [0.1, 0.15) is 56.9 Å². The Labute approximate surface area is 246 Å². The fourth-order valence-corrected chi connectivity index (χ4v) is 6.64. The number of allylic oxidation sites excluding steroid dienone is 4. The molecule has 0 aromatic heterocycles. The minimum Gasteiger partial charge on any atom is -0.481 e. The van der Waals surface area contributed by atoms with E-state index in [9.17, 15) is 14.4 Å². The molecule has 2 aromatic carbocycles. The number of nitrogens with one attached hydrogen (secondary N) is 1. The maximum absolute atomic E-state index is 13.3. The summed E-state index contributed by atoms with van der Waals surface area (Å²) >= 11 is 25.2. The number of ketones is 2. The van der Waals surface area contributed by atoms with Crippen molar-refractivity contribution in [1.82, 2.24) is 4.90 Å². The van der Waals surface area contributed by atoms with Crippen LogP contribution in [0.4, 0.5) is 5.69 Å². The molecule has 1 heterocycles. The molecule has 10 heteroatoms. The zero-order valence-corrected chi connectivity index (χ0v) is 24.2. The smallest absolute Gasteiger partial charge is 0.262 e. The Morgan fingerprint density at radius 1 is 0.872 bits per heavy atom. The summed E-state index contributed by atoms with van der Waals surface area (Å²) in [6.45, 7) is 2.39. The van der Waals surface area contributed by atoms with E-state index >= 15 is 0 Å². The zero-order valence-electron chi connectivity index (χ0n) is 21.2. The summed E-state index contributed by atoms with van der Waals surface area (Å²) in [6.07, 6.45) is 4.03. The molecule has 2 aliphatic carbocycles. The Kier molecular flexibility index (Phi) is 8.29. The van der Waals surface area contributed by atoms with Gasteiger partial charge in [-0.3, -0.25) is 14.4 Å². The second-order valence-electron chi connectivity index (χ2n) is 9.73. The number of carbonyl (C=O) groups is 3. The standard InChI is InChI=1S/C29H26Cl4N2O4/c1-2-35-21-5-3-7-23(36)27(21)26(28-22(35)6-4-8-24(28)37)15-11-19(32)29(20(33)12-15)39-14-25(38)34-16-9-10-17(30)18(31)13-16/h9-13,26H,2-8,14H2,1H3,(H,34,38). The molecule has 3 aliphatic rings. The quantitative estimate of drug-likeness (QED) is 0.363. The van der Waals surface area contributed by atoms with Crippen molar-refractivity contribution in [3.8, 4) is 5.75 Å². The Bertz CT molecular complexity index is 1380. The molecule has 0 fully saturated rings. The van der Waals surface area contributed by atoms with Gasteiger partial charge in [0, 0.05) is 53.5 Å². The predicted molar refractivity (Wildman–Crippen MR) is 154 cm³/mol. The first-order chi connectivity index (χ1) is 18.7. The highest BCUT2D eigenvalue weighted by Crippen LogP contribution is 2.50. The molecule has 5 rings (SSSR count). The lowest BCUT2D eigenvalue weighted by atomic mass is 9.71. The van der Waals surface area contributed by atoms with Crippen molar-refractivity contribution in [2.75, 3.05) is 18.5 Å². The van der Waals surface area contributed by atoms with E-state index in [1.54, 1.807) is 24.3 Å². The number of anilines is 1. The molecule has 0 unspecified atom stereocenters. The molecule has 0 spiro atoms. The minimum atomic E-state index is -0.527. The van der Waals surface area contributed by atoms with Crippen molar-refractivity contribution >= 4 is 69.6 Å². The fraction of sp³-hybridized carbons (Fsp3) is 0.345. The monoisotopic (exact) mass is 606 g/mol. The van der Waals surface area contributed by atoms with Crippen LogP contribution in [0.5, 0.6) is 5.75 Å². The van der Waals surface area contributed by atoms with Crippen molar-refractivity contribution in [3.05, 3.63) is 78.5 Å². The SMILES string of the molecule is CCN1C2=C(C(=O)CCC2)C(c2cc(Cl)c(OCC(=O)Nc3ccc(Cl)c(Cl)c3)c(Cl)c2)C2=C1CCCC2=O. The molecule has 0 radical (unpaired) electrons. The van der Waals surface area contributed by atoms with Crippen LogP contribution in [0.15, 0.2) is 52.9 Å². The van der Waals surface area contributed by atoms with E-state index in [0.717, 1.165) is 37.1 Å². The average molecular weight is 608 g/mol.